The third-order valence-electron chi connectivity index (χ3n) is 4.97. The van der Waals surface area contributed by atoms with Crippen molar-refractivity contribution in [3.63, 3.8) is 0 Å². The van der Waals surface area contributed by atoms with Crippen molar-refractivity contribution in [2.75, 3.05) is 25.0 Å². The van der Waals surface area contributed by atoms with Crippen molar-refractivity contribution >= 4 is 23.2 Å². The van der Waals surface area contributed by atoms with Crippen LogP contribution in [0.1, 0.15) is 18.9 Å². The number of aliphatic hydroxyl groups is 1. The lowest BCUT2D eigenvalue weighted by molar-refractivity contribution is -0.122. The van der Waals surface area contributed by atoms with Gasteiger partial charge in [0.05, 0.1) is 6.54 Å². The number of hydrogen-bond donors (Lipinski definition) is 2. The number of halogens is 2. The van der Waals surface area contributed by atoms with Crippen molar-refractivity contribution in [3.05, 3.63) is 58.9 Å². The van der Waals surface area contributed by atoms with Crippen molar-refractivity contribution < 1.29 is 19.0 Å². The van der Waals surface area contributed by atoms with Gasteiger partial charge < -0.3 is 15.2 Å². The van der Waals surface area contributed by atoms with E-state index in [9.17, 15) is 14.3 Å². The number of anilines is 1. The summed E-state index contributed by atoms with van der Waals surface area (Å²) in [7, 11) is 0. The fraction of sp³-hybridized carbons (Fsp3) is 0.381. The topological polar surface area (TPSA) is 61.8 Å². The van der Waals surface area contributed by atoms with Crippen LogP contribution in [0.2, 0.25) is 5.02 Å². The highest BCUT2D eigenvalue weighted by atomic mass is 35.5. The molecule has 1 aliphatic heterocycles. The molecule has 2 atom stereocenters. The standard InChI is InChI=1S/C21H24ClFN2O3/c1-14-6-7-16(23)11-18(14)24-20(26)13-25-9-8-21(2,27)19(12-25)28-17-5-3-4-15(22)10-17/h3-7,10-11,19,27H,8-9,12-13H2,1-2H3,(H,24,26)/t19-,21-/m0/s1. The van der Waals surface area contributed by atoms with E-state index in [2.05, 4.69) is 5.32 Å². The Morgan fingerprint density at radius 2 is 2.18 bits per heavy atom. The quantitative estimate of drug-likeness (QED) is 0.796. The zero-order chi connectivity index (χ0) is 20.3. The third kappa shape index (κ3) is 5.22. The van der Waals surface area contributed by atoms with E-state index in [0.29, 0.717) is 36.0 Å². The summed E-state index contributed by atoms with van der Waals surface area (Å²) in [5, 5.41) is 14.0. The molecule has 28 heavy (non-hydrogen) atoms. The second-order valence-electron chi connectivity index (χ2n) is 7.41. The van der Waals surface area contributed by atoms with E-state index in [1.54, 1.807) is 37.3 Å². The van der Waals surface area contributed by atoms with Crippen molar-refractivity contribution in [1.82, 2.24) is 4.90 Å². The van der Waals surface area contributed by atoms with Crippen LogP contribution in [0.3, 0.4) is 0 Å². The van der Waals surface area contributed by atoms with Crippen LogP contribution in [-0.2, 0) is 4.79 Å². The van der Waals surface area contributed by atoms with Crippen LogP contribution in [0.25, 0.3) is 0 Å². The summed E-state index contributed by atoms with van der Waals surface area (Å²) in [5.41, 5.74) is 0.230. The number of benzene rings is 2. The summed E-state index contributed by atoms with van der Waals surface area (Å²) in [6.45, 7) is 4.60. The number of rotatable bonds is 5. The number of ether oxygens (including phenoxy) is 1. The molecule has 1 fully saturated rings. The van der Waals surface area contributed by atoms with E-state index >= 15 is 0 Å². The SMILES string of the molecule is Cc1ccc(F)cc1NC(=O)CN1CC[C@](C)(O)[C@@H](Oc2cccc(Cl)c2)C1. The van der Waals surface area contributed by atoms with Gasteiger partial charge in [-0.2, -0.15) is 0 Å². The van der Waals surface area contributed by atoms with Gasteiger partial charge in [0, 0.05) is 23.8 Å². The smallest absolute Gasteiger partial charge is 0.238 e. The molecule has 150 valence electrons. The molecule has 0 bridgehead atoms. The van der Waals surface area contributed by atoms with Crippen LogP contribution in [0.15, 0.2) is 42.5 Å². The number of nitrogens with one attached hydrogen (secondary N) is 1. The number of aryl methyl sites for hydroxylation is 1. The largest absolute Gasteiger partial charge is 0.486 e. The Labute approximate surface area is 169 Å². The predicted octanol–water partition coefficient (Wildman–Crippen LogP) is 3.63. The summed E-state index contributed by atoms with van der Waals surface area (Å²) in [5.74, 6) is -0.0684. The number of carbonyl (C=O) groups excluding carboxylic acids is 1. The number of piperidine rings is 1. The maximum atomic E-state index is 13.4. The fourth-order valence-electron chi connectivity index (χ4n) is 3.20. The van der Waals surface area contributed by atoms with E-state index in [4.69, 9.17) is 16.3 Å². The molecular weight excluding hydrogens is 383 g/mol. The Kier molecular flexibility index (Phi) is 6.23. The maximum absolute atomic E-state index is 13.4. The molecule has 7 heteroatoms. The first-order valence-corrected chi connectivity index (χ1v) is 9.54. The molecule has 1 aliphatic rings. The van der Waals surface area contributed by atoms with Crippen molar-refractivity contribution in [1.29, 1.82) is 0 Å². The zero-order valence-electron chi connectivity index (χ0n) is 15.9. The molecule has 0 unspecified atom stereocenters. The molecule has 3 rings (SSSR count). The lowest BCUT2D eigenvalue weighted by Crippen LogP contribution is -2.57. The fourth-order valence-corrected chi connectivity index (χ4v) is 3.38. The van der Waals surface area contributed by atoms with Gasteiger partial charge in [0.1, 0.15) is 23.3 Å². The molecule has 0 radical (unpaired) electrons. The first kappa shape index (κ1) is 20.6. The van der Waals surface area contributed by atoms with Crippen LogP contribution in [0.5, 0.6) is 5.75 Å². The summed E-state index contributed by atoms with van der Waals surface area (Å²) in [6, 6.07) is 11.3. The van der Waals surface area contributed by atoms with Crippen molar-refractivity contribution in [2.45, 2.75) is 32.0 Å². The molecule has 2 N–H and O–H groups in total. The van der Waals surface area contributed by atoms with Crippen LogP contribution in [-0.4, -0.2) is 47.3 Å². The van der Waals surface area contributed by atoms with Gasteiger partial charge in [-0.1, -0.05) is 23.7 Å². The van der Waals surface area contributed by atoms with E-state index < -0.39 is 17.5 Å². The van der Waals surface area contributed by atoms with Gasteiger partial charge in [0.15, 0.2) is 0 Å². The molecule has 0 aliphatic carbocycles. The summed E-state index contributed by atoms with van der Waals surface area (Å²) < 4.78 is 19.4. The molecule has 2 aromatic carbocycles. The number of amides is 1. The van der Waals surface area contributed by atoms with E-state index in [1.807, 2.05) is 11.8 Å². The van der Waals surface area contributed by atoms with Crippen LogP contribution < -0.4 is 10.1 Å². The van der Waals surface area contributed by atoms with Gasteiger partial charge in [-0.25, -0.2) is 4.39 Å². The molecule has 1 heterocycles. The molecular formula is C21H24ClFN2O3. The highest BCUT2D eigenvalue weighted by molar-refractivity contribution is 6.30. The Bertz CT molecular complexity index is 859. The summed E-state index contributed by atoms with van der Waals surface area (Å²) in [4.78, 5) is 14.3. The average Bonchev–Trinajstić information content (AvgIpc) is 2.61. The molecule has 1 amide bonds. The number of nitrogens with zero attached hydrogens (tertiary/aromatic N) is 1. The lowest BCUT2D eigenvalue weighted by atomic mass is 9.90. The normalized spacial score (nSPS) is 22.7. The molecule has 2 aromatic rings. The monoisotopic (exact) mass is 406 g/mol. The number of hydrogen-bond acceptors (Lipinski definition) is 4. The maximum Gasteiger partial charge on any atom is 0.238 e. The second kappa shape index (κ2) is 8.47. The molecule has 0 saturated carbocycles. The lowest BCUT2D eigenvalue weighted by Gasteiger charge is -2.42. The van der Waals surface area contributed by atoms with Crippen molar-refractivity contribution in [3.8, 4) is 5.75 Å². The minimum atomic E-state index is -1.02. The molecule has 0 spiro atoms. The number of likely N-dealkylation sites (tertiary alicyclic amines) is 1. The molecule has 1 saturated heterocycles. The van der Waals surface area contributed by atoms with Crippen LogP contribution in [0.4, 0.5) is 10.1 Å². The van der Waals surface area contributed by atoms with E-state index in [1.165, 1.54) is 12.1 Å². The molecule has 5 nitrogen and oxygen atoms in total. The summed E-state index contributed by atoms with van der Waals surface area (Å²) >= 11 is 6.00. The highest BCUT2D eigenvalue weighted by Gasteiger charge is 2.39. The summed E-state index contributed by atoms with van der Waals surface area (Å²) in [6.07, 6.45) is -0.0479. The minimum absolute atomic E-state index is 0.126. The Morgan fingerprint density at radius 3 is 2.93 bits per heavy atom. The Hall–Kier alpha value is -2.15. The van der Waals surface area contributed by atoms with Gasteiger partial charge in [-0.15, -0.1) is 0 Å². The van der Waals surface area contributed by atoms with Gasteiger partial charge in [-0.05, 0) is 56.2 Å². The second-order valence-corrected chi connectivity index (χ2v) is 7.85. The highest BCUT2D eigenvalue weighted by Crippen LogP contribution is 2.28. The van der Waals surface area contributed by atoms with Gasteiger partial charge in [0.2, 0.25) is 5.91 Å². The van der Waals surface area contributed by atoms with E-state index in [0.717, 1.165) is 5.56 Å². The first-order valence-electron chi connectivity index (χ1n) is 9.16. The minimum Gasteiger partial charge on any atom is -0.486 e. The average molecular weight is 407 g/mol. The van der Waals surface area contributed by atoms with Crippen LogP contribution in [0, 0.1) is 12.7 Å². The van der Waals surface area contributed by atoms with Gasteiger partial charge in [-0.3, -0.25) is 9.69 Å². The van der Waals surface area contributed by atoms with Gasteiger partial charge in [0.25, 0.3) is 0 Å². The van der Waals surface area contributed by atoms with Crippen molar-refractivity contribution in [2.24, 2.45) is 0 Å². The zero-order valence-corrected chi connectivity index (χ0v) is 16.7. The Balaban J connectivity index is 1.63. The first-order chi connectivity index (χ1) is 13.2. The predicted molar refractivity (Wildman–Crippen MR) is 107 cm³/mol. The van der Waals surface area contributed by atoms with Gasteiger partial charge >= 0.3 is 0 Å². The van der Waals surface area contributed by atoms with Crippen LogP contribution >= 0.6 is 11.6 Å². The van der Waals surface area contributed by atoms with E-state index in [-0.39, 0.29) is 12.5 Å². The third-order valence-corrected chi connectivity index (χ3v) is 5.20. The molecule has 0 aromatic heterocycles. The Morgan fingerprint density at radius 1 is 1.39 bits per heavy atom. The number of carbonyl (C=O) groups is 1.